The van der Waals surface area contributed by atoms with Crippen LogP contribution in [0.3, 0.4) is 0 Å². The highest BCUT2D eigenvalue weighted by Gasteiger charge is 2.28. The minimum absolute atomic E-state index is 0.116. The quantitative estimate of drug-likeness (QED) is 0.851. The smallest absolute Gasteiger partial charge is 0.223 e. The first kappa shape index (κ1) is 13.9. The van der Waals surface area contributed by atoms with Crippen LogP contribution in [0, 0.1) is 11.8 Å². The van der Waals surface area contributed by atoms with Crippen molar-refractivity contribution in [3.05, 3.63) is 35.4 Å². The number of rotatable bonds is 3. The average Bonchev–Trinajstić information content (AvgIpc) is 2.90. The van der Waals surface area contributed by atoms with E-state index in [0.29, 0.717) is 5.92 Å². The van der Waals surface area contributed by atoms with Crippen molar-refractivity contribution in [1.82, 2.24) is 5.32 Å². The van der Waals surface area contributed by atoms with E-state index in [1.807, 2.05) is 0 Å². The molecule has 0 saturated heterocycles. The van der Waals surface area contributed by atoms with Gasteiger partial charge in [-0.25, -0.2) is 0 Å². The van der Waals surface area contributed by atoms with Gasteiger partial charge in [-0.05, 0) is 42.7 Å². The highest BCUT2D eigenvalue weighted by atomic mass is 35.5. The van der Waals surface area contributed by atoms with Gasteiger partial charge in [0.05, 0.1) is 0 Å². The summed E-state index contributed by atoms with van der Waals surface area (Å²) in [4.78, 5) is 12.3. The summed E-state index contributed by atoms with van der Waals surface area (Å²) < 4.78 is 0. The maximum absolute atomic E-state index is 12.3. The topological polar surface area (TPSA) is 29.1 Å². The molecule has 2 unspecified atom stereocenters. The minimum atomic E-state index is 0.116. The van der Waals surface area contributed by atoms with E-state index in [4.69, 9.17) is 11.6 Å². The average molecular weight is 292 g/mol. The van der Waals surface area contributed by atoms with Crippen LogP contribution in [0.15, 0.2) is 24.3 Å². The number of carbonyl (C=O) groups excluding carboxylic acids is 1. The van der Waals surface area contributed by atoms with Crippen LogP contribution in [-0.4, -0.2) is 17.8 Å². The molecule has 1 fully saturated rings. The normalized spacial score (nSPS) is 26.2. The molecule has 1 aromatic rings. The minimum Gasteiger partial charge on any atom is -0.356 e. The van der Waals surface area contributed by atoms with Crippen molar-refractivity contribution in [3.8, 4) is 0 Å². The molecule has 1 saturated carbocycles. The Bertz CT molecular complexity index is 463. The lowest BCUT2D eigenvalue weighted by molar-refractivity contribution is -0.124. The van der Waals surface area contributed by atoms with Gasteiger partial charge in [0.25, 0.3) is 0 Å². The molecular formula is C17H22ClNO. The van der Waals surface area contributed by atoms with Gasteiger partial charge in [-0.15, -0.1) is 11.6 Å². The van der Waals surface area contributed by atoms with Crippen molar-refractivity contribution in [3.63, 3.8) is 0 Å². The van der Waals surface area contributed by atoms with Gasteiger partial charge in [-0.2, -0.15) is 0 Å². The standard InChI is InChI=1S/C17H22ClNO/c18-16-8-4-3-7-14(16)11-19-17(20)15-9-12-5-1-2-6-13(12)10-15/h1-2,5-6,14-16H,3-4,7-11H2,(H,19,20). The molecule has 108 valence electrons. The van der Waals surface area contributed by atoms with Gasteiger partial charge in [0.1, 0.15) is 0 Å². The molecule has 1 aromatic carbocycles. The van der Waals surface area contributed by atoms with Crippen molar-refractivity contribution in [1.29, 1.82) is 0 Å². The number of nitrogens with one attached hydrogen (secondary N) is 1. The van der Waals surface area contributed by atoms with E-state index in [1.165, 1.54) is 24.0 Å². The molecule has 2 aliphatic carbocycles. The maximum Gasteiger partial charge on any atom is 0.223 e. The second kappa shape index (κ2) is 6.17. The molecule has 3 heteroatoms. The van der Waals surface area contributed by atoms with Gasteiger partial charge in [0, 0.05) is 17.8 Å². The molecule has 0 aromatic heterocycles. The number of fused-ring (bicyclic) bond motifs is 1. The molecule has 2 aliphatic rings. The number of halogens is 1. The molecule has 0 bridgehead atoms. The molecule has 2 atom stereocenters. The van der Waals surface area contributed by atoms with E-state index < -0.39 is 0 Å². The molecule has 1 N–H and O–H groups in total. The van der Waals surface area contributed by atoms with Crippen molar-refractivity contribution in [2.75, 3.05) is 6.54 Å². The van der Waals surface area contributed by atoms with Gasteiger partial charge in [-0.3, -0.25) is 4.79 Å². The SMILES string of the molecule is O=C(NCC1CCCCC1Cl)C1Cc2ccccc2C1. The first-order chi connectivity index (χ1) is 9.74. The van der Waals surface area contributed by atoms with E-state index >= 15 is 0 Å². The summed E-state index contributed by atoms with van der Waals surface area (Å²) in [5.41, 5.74) is 2.67. The lowest BCUT2D eigenvalue weighted by Crippen LogP contribution is -2.38. The van der Waals surface area contributed by atoms with Crippen molar-refractivity contribution < 1.29 is 4.79 Å². The Morgan fingerprint density at radius 2 is 1.80 bits per heavy atom. The monoisotopic (exact) mass is 291 g/mol. The van der Waals surface area contributed by atoms with E-state index in [2.05, 4.69) is 29.6 Å². The third-order valence-electron chi connectivity index (χ3n) is 4.78. The second-order valence-corrected chi connectivity index (χ2v) is 6.74. The van der Waals surface area contributed by atoms with Crippen LogP contribution in [0.2, 0.25) is 0 Å². The van der Waals surface area contributed by atoms with E-state index in [0.717, 1.165) is 32.2 Å². The van der Waals surface area contributed by atoms with E-state index in [1.54, 1.807) is 0 Å². The van der Waals surface area contributed by atoms with Gasteiger partial charge < -0.3 is 5.32 Å². The third-order valence-corrected chi connectivity index (χ3v) is 5.35. The van der Waals surface area contributed by atoms with Crippen molar-refractivity contribution >= 4 is 17.5 Å². The Balaban J connectivity index is 1.51. The summed E-state index contributed by atoms with van der Waals surface area (Å²) in [7, 11) is 0. The Kier molecular flexibility index (Phi) is 4.30. The highest BCUT2D eigenvalue weighted by molar-refractivity contribution is 6.20. The lowest BCUT2D eigenvalue weighted by Gasteiger charge is -2.27. The first-order valence-electron chi connectivity index (χ1n) is 7.72. The summed E-state index contributed by atoms with van der Waals surface area (Å²) in [5.74, 6) is 0.776. The predicted octanol–water partition coefficient (Wildman–Crippen LogP) is 3.32. The van der Waals surface area contributed by atoms with Gasteiger partial charge in [0.15, 0.2) is 0 Å². The fourth-order valence-electron chi connectivity index (χ4n) is 3.51. The van der Waals surface area contributed by atoms with Crippen LogP contribution in [0.4, 0.5) is 0 Å². The Labute approximate surface area is 125 Å². The number of hydrogen-bond acceptors (Lipinski definition) is 1. The molecule has 1 amide bonds. The van der Waals surface area contributed by atoms with Crippen LogP contribution >= 0.6 is 11.6 Å². The zero-order valence-corrected chi connectivity index (χ0v) is 12.5. The summed E-state index contributed by atoms with van der Waals surface area (Å²) in [5, 5.41) is 3.38. The predicted molar refractivity (Wildman–Crippen MR) is 81.9 cm³/mol. The summed E-state index contributed by atoms with van der Waals surface area (Å²) in [6, 6.07) is 8.38. The molecule has 0 aliphatic heterocycles. The number of benzene rings is 1. The van der Waals surface area contributed by atoms with Gasteiger partial charge >= 0.3 is 0 Å². The fraction of sp³-hybridized carbons (Fsp3) is 0.588. The maximum atomic E-state index is 12.3. The van der Waals surface area contributed by atoms with Gasteiger partial charge in [-0.1, -0.05) is 37.1 Å². The molecule has 20 heavy (non-hydrogen) atoms. The fourth-order valence-corrected chi connectivity index (χ4v) is 3.88. The van der Waals surface area contributed by atoms with Crippen LogP contribution in [-0.2, 0) is 17.6 Å². The molecule has 3 rings (SSSR count). The van der Waals surface area contributed by atoms with Crippen LogP contribution in [0.25, 0.3) is 0 Å². The Morgan fingerprint density at radius 1 is 1.15 bits per heavy atom. The van der Waals surface area contributed by atoms with Crippen molar-refractivity contribution in [2.45, 2.75) is 43.9 Å². The summed E-state index contributed by atoms with van der Waals surface area (Å²) in [6.07, 6.45) is 6.50. The van der Waals surface area contributed by atoms with Crippen LogP contribution in [0.5, 0.6) is 0 Å². The highest BCUT2D eigenvalue weighted by Crippen LogP contribution is 2.29. The largest absolute Gasteiger partial charge is 0.356 e. The van der Waals surface area contributed by atoms with Crippen molar-refractivity contribution in [2.24, 2.45) is 11.8 Å². The molecular weight excluding hydrogens is 270 g/mol. The van der Waals surface area contributed by atoms with E-state index in [-0.39, 0.29) is 17.2 Å². The molecule has 2 nitrogen and oxygen atoms in total. The zero-order valence-electron chi connectivity index (χ0n) is 11.8. The summed E-state index contributed by atoms with van der Waals surface area (Å²) >= 11 is 6.35. The van der Waals surface area contributed by atoms with Gasteiger partial charge in [0.2, 0.25) is 5.91 Å². The Hall–Kier alpha value is -1.02. The number of carbonyl (C=O) groups is 1. The molecule has 0 spiro atoms. The zero-order chi connectivity index (χ0) is 13.9. The number of hydrogen-bond donors (Lipinski definition) is 1. The van der Waals surface area contributed by atoms with Crippen LogP contribution in [0.1, 0.15) is 36.8 Å². The Morgan fingerprint density at radius 3 is 2.45 bits per heavy atom. The first-order valence-corrected chi connectivity index (χ1v) is 8.16. The molecule has 0 heterocycles. The van der Waals surface area contributed by atoms with E-state index in [9.17, 15) is 4.79 Å². The second-order valence-electron chi connectivity index (χ2n) is 6.18. The summed E-state index contributed by atoms with van der Waals surface area (Å²) in [6.45, 7) is 0.750. The third kappa shape index (κ3) is 3.01. The van der Waals surface area contributed by atoms with Crippen LogP contribution < -0.4 is 5.32 Å². The number of amides is 1. The lowest BCUT2D eigenvalue weighted by atomic mass is 9.88. The molecule has 0 radical (unpaired) electrons. The number of alkyl halides is 1.